The number of rotatable bonds is 8. The Labute approximate surface area is 210 Å². The molecule has 2 aromatic carbocycles. The van der Waals surface area contributed by atoms with Crippen LogP contribution in [0.2, 0.25) is 0 Å². The van der Waals surface area contributed by atoms with E-state index in [-0.39, 0.29) is 6.54 Å². The van der Waals surface area contributed by atoms with Gasteiger partial charge >= 0.3 is 0 Å². The smallest absolute Gasteiger partial charge is 0.264 e. The van der Waals surface area contributed by atoms with E-state index in [1.807, 2.05) is 19.1 Å². The minimum absolute atomic E-state index is 0.223. The van der Waals surface area contributed by atoms with E-state index in [2.05, 4.69) is 30.4 Å². The van der Waals surface area contributed by atoms with Crippen LogP contribution in [0.15, 0.2) is 59.1 Å². The number of hydrogen-bond acceptors (Lipinski definition) is 5. The number of ether oxygens (including phenoxy) is 2. The number of nitrogens with zero attached hydrogens (tertiary/aromatic N) is 2. The van der Waals surface area contributed by atoms with Crippen molar-refractivity contribution in [1.29, 1.82) is 0 Å². The zero-order valence-electron chi connectivity index (χ0n) is 21.7. The van der Waals surface area contributed by atoms with E-state index in [1.165, 1.54) is 15.4 Å². The summed E-state index contributed by atoms with van der Waals surface area (Å²) in [5.41, 5.74) is 3.91. The van der Waals surface area contributed by atoms with E-state index in [4.69, 9.17) is 9.47 Å². The van der Waals surface area contributed by atoms with Gasteiger partial charge in [-0.1, -0.05) is 12.1 Å². The lowest BCUT2D eigenvalue weighted by Crippen LogP contribution is -2.80. The third-order valence-electron chi connectivity index (χ3n) is 6.56. The van der Waals surface area contributed by atoms with E-state index in [9.17, 15) is 8.42 Å². The van der Waals surface area contributed by atoms with Crippen molar-refractivity contribution in [3.8, 4) is 5.75 Å². The van der Waals surface area contributed by atoms with Gasteiger partial charge in [-0.25, -0.2) is 8.42 Å². The van der Waals surface area contributed by atoms with Crippen LogP contribution < -0.4 is 14.4 Å². The second-order valence-corrected chi connectivity index (χ2v) is 11.2. The quantitative estimate of drug-likeness (QED) is 0.600. The molecule has 0 radical (unpaired) electrons. The molecule has 192 valence electrons. The molecule has 3 rings (SSSR count). The number of quaternary nitrogens is 1. The van der Waals surface area contributed by atoms with Crippen molar-refractivity contribution >= 4 is 15.7 Å². The zero-order chi connectivity index (χ0) is 25.4. The molecule has 7 nitrogen and oxygen atoms in total. The summed E-state index contributed by atoms with van der Waals surface area (Å²) in [6, 6.07) is 12.9. The lowest BCUT2D eigenvalue weighted by Gasteiger charge is -2.27. The van der Waals surface area contributed by atoms with Crippen LogP contribution in [-0.2, 0) is 14.8 Å². The summed E-state index contributed by atoms with van der Waals surface area (Å²) in [6.45, 7) is 7.52. The van der Waals surface area contributed by atoms with Crippen molar-refractivity contribution in [2.24, 2.45) is 0 Å². The summed E-state index contributed by atoms with van der Waals surface area (Å²) < 4.78 is 39.4. The standard InChI is InChI=1S/C27H39N3O4S/c1-21-7-6-14-29(3)20-24(19-28-18-21)23-8-13-27(22(2)17-23)35(31,32)30(15-16-33-4)25-9-11-26(34-5)12-10-25/h8-13,17-18,24,28H,6-7,14-16,19-20H2,1-5H3/p+1/b21-18+. The Hall–Kier alpha value is -2.39. The second kappa shape index (κ2) is 12.5. The Kier molecular flexibility index (Phi) is 9.74. The van der Waals surface area contributed by atoms with Crippen LogP contribution in [0.25, 0.3) is 0 Å². The number of nitrogens with two attached hydrogens (primary N) is 1. The molecule has 0 fully saturated rings. The maximum Gasteiger partial charge on any atom is 0.264 e. The fourth-order valence-corrected chi connectivity index (χ4v) is 6.23. The van der Waals surface area contributed by atoms with Gasteiger partial charge in [-0.05, 0) is 87.3 Å². The zero-order valence-corrected chi connectivity index (χ0v) is 22.5. The van der Waals surface area contributed by atoms with Crippen LogP contribution >= 0.6 is 0 Å². The van der Waals surface area contributed by atoms with Gasteiger partial charge in [-0.2, -0.15) is 0 Å². The van der Waals surface area contributed by atoms with Gasteiger partial charge in [-0.15, -0.1) is 0 Å². The summed E-state index contributed by atoms with van der Waals surface area (Å²) in [5.74, 6) is 0.986. The molecule has 1 aliphatic rings. The minimum atomic E-state index is -3.78. The molecule has 0 aliphatic carbocycles. The third kappa shape index (κ3) is 7.07. The lowest BCUT2D eigenvalue weighted by molar-refractivity contribution is -0.591. The van der Waals surface area contributed by atoms with E-state index in [1.54, 1.807) is 44.6 Å². The molecule has 1 unspecified atom stereocenters. The van der Waals surface area contributed by atoms with E-state index >= 15 is 0 Å². The Morgan fingerprint density at radius 3 is 2.51 bits per heavy atom. The fraction of sp³-hybridized carbons (Fsp3) is 0.481. The average molecular weight is 503 g/mol. The molecule has 0 bridgehead atoms. The van der Waals surface area contributed by atoms with Crippen LogP contribution in [0.1, 0.15) is 36.8 Å². The predicted molar refractivity (Wildman–Crippen MR) is 141 cm³/mol. The number of methoxy groups -OCH3 is 2. The van der Waals surface area contributed by atoms with E-state index in [0.717, 1.165) is 38.0 Å². The number of hydrogen-bond donors (Lipinski definition) is 1. The van der Waals surface area contributed by atoms with Crippen LogP contribution in [0.3, 0.4) is 0 Å². The highest BCUT2D eigenvalue weighted by Gasteiger charge is 2.27. The highest BCUT2D eigenvalue weighted by atomic mass is 32.2. The van der Waals surface area contributed by atoms with Gasteiger partial charge in [0.2, 0.25) is 0 Å². The SMILES string of the molecule is COCCN(c1ccc(OC)cc1)S(=O)(=O)c1ccc(C2C[NH2+]/C=C(\C)CCCN(C)C2)cc1C. The molecule has 0 spiro atoms. The third-order valence-corrected chi connectivity index (χ3v) is 8.55. The van der Waals surface area contributed by atoms with Crippen molar-refractivity contribution in [3.05, 3.63) is 65.4 Å². The van der Waals surface area contributed by atoms with Gasteiger partial charge in [0.25, 0.3) is 10.0 Å². The monoisotopic (exact) mass is 502 g/mol. The fourth-order valence-electron chi connectivity index (χ4n) is 4.57. The lowest BCUT2D eigenvalue weighted by atomic mass is 9.96. The Morgan fingerprint density at radius 1 is 1.11 bits per heavy atom. The van der Waals surface area contributed by atoms with Gasteiger partial charge in [0.15, 0.2) is 0 Å². The summed E-state index contributed by atoms with van der Waals surface area (Å²) >= 11 is 0. The first-order valence-corrected chi connectivity index (χ1v) is 13.6. The first-order chi connectivity index (χ1) is 16.8. The summed E-state index contributed by atoms with van der Waals surface area (Å²) in [4.78, 5) is 2.70. The number of aryl methyl sites for hydroxylation is 1. The van der Waals surface area contributed by atoms with E-state index in [0.29, 0.717) is 28.9 Å². The first-order valence-electron chi connectivity index (χ1n) is 12.2. The van der Waals surface area contributed by atoms with Crippen LogP contribution in [0.5, 0.6) is 5.75 Å². The van der Waals surface area contributed by atoms with Crippen molar-refractivity contribution in [1.82, 2.24) is 4.90 Å². The summed E-state index contributed by atoms with van der Waals surface area (Å²) in [5, 5.41) is 2.26. The first kappa shape index (κ1) is 27.2. The van der Waals surface area contributed by atoms with Gasteiger partial charge in [0.1, 0.15) is 5.75 Å². The summed E-state index contributed by atoms with van der Waals surface area (Å²) in [6.07, 6.45) is 4.52. The van der Waals surface area contributed by atoms with E-state index < -0.39 is 10.0 Å². The van der Waals surface area contributed by atoms with Crippen molar-refractivity contribution in [2.45, 2.75) is 37.5 Å². The summed E-state index contributed by atoms with van der Waals surface area (Å²) in [7, 11) is 1.55. The number of benzene rings is 2. The molecule has 1 heterocycles. The highest BCUT2D eigenvalue weighted by molar-refractivity contribution is 7.92. The molecular formula is C27H40N3O4S+. The molecule has 1 atom stereocenters. The second-order valence-electron chi connectivity index (χ2n) is 9.34. The highest BCUT2D eigenvalue weighted by Crippen LogP contribution is 2.29. The topological polar surface area (TPSA) is 75.7 Å². The molecule has 0 saturated heterocycles. The molecule has 0 amide bonds. The molecule has 0 aromatic heterocycles. The molecule has 0 saturated carbocycles. The number of allylic oxidation sites excluding steroid dienone is 1. The predicted octanol–water partition coefficient (Wildman–Crippen LogP) is 3.12. The molecule has 2 N–H and O–H groups in total. The van der Waals surface area contributed by atoms with Crippen molar-refractivity contribution < 1.29 is 23.2 Å². The Bertz CT molecular complexity index is 1100. The maximum absolute atomic E-state index is 13.8. The van der Waals surface area contributed by atoms with Crippen molar-refractivity contribution in [3.63, 3.8) is 0 Å². The number of likely N-dealkylation sites (N-methyl/N-ethyl adjacent to an activating group) is 1. The van der Waals surface area contributed by atoms with Crippen molar-refractivity contribution in [2.75, 3.05) is 58.4 Å². The Balaban J connectivity index is 1.91. The molecule has 2 aromatic rings. The molecular weight excluding hydrogens is 462 g/mol. The average Bonchev–Trinajstić information content (AvgIpc) is 2.83. The van der Waals surface area contributed by atoms with Crippen LogP contribution in [0, 0.1) is 6.92 Å². The largest absolute Gasteiger partial charge is 0.497 e. The van der Waals surface area contributed by atoms with Gasteiger partial charge < -0.3 is 19.7 Å². The maximum atomic E-state index is 13.8. The normalized spacial score (nSPS) is 19.6. The number of anilines is 1. The van der Waals surface area contributed by atoms with Gasteiger partial charge in [0, 0.05) is 19.6 Å². The minimum Gasteiger partial charge on any atom is -0.497 e. The van der Waals surface area contributed by atoms with Gasteiger partial charge in [0.05, 0.1) is 43.6 Å². The van der Waals surface area contributed by atoms with Crippen LogP contribution in [0.4, 0.5) is 5.69 Å². The van der Waals surface area contributed by atoms with Crippen LogP contribution in [-0.4, -0.2) is 67.4 Å². The van der Waals surface area contributed by atoms with Gasteiger partial charge in [-0.3, -0.25) is 4.31 Å². The molecule has 1 aliphatic heterocycles. The Morgan fingerprint density at radius 2 is 1.86 bits per heavy atom. The number of sulfonamides is 1. The molecule has 8 heteroatoms. The molecule has 35 heavy (non-hydrogen) atoms.